The lowest BCUT2D eigenvalue weighted by atomic mass is 9.99. The van der Waals surface area contributed by atoms with E-state index in [1.807, 2.05) is 0 Å². The predicted octanol–water partition coefficient (Wildman–Crippen LogP) is 4.11. The Labute approximate surface area is 130 Å². The standard InChI is InChI=1S/C17H13F3O3/c1-10(12-6-4-3-5-7-12)9-14-11(2)8-13(16(21)22)15(23-14)17(18,19)20/h3-9,15H,1-2H2,(H,21,22)/b14-9+. The molecule has 0 saturated carbocycles. The van der Waals surface area contributed by atoms with Crippen molar-refractivity contribution in [1.82, 2.24) is 0 Å². The zero-order valence-electron chi connectivity index (χ0n) is 11.9. The normalized spacial score (nSPS) is 20.0. The number of hydrogen-bond acceptors (Lipinski definition) is 2. The molecule has 1 atom stereocenters. The molecular weight excluding hydrogens is 309 g/mol. The second-order valence-electron chi connectivity index (χ2n) is 4.87. The number of carbonyl (C=O) groups is 1. The van der Waals surface area contributed by atoms with Crippen molar-refractivity contribution in [3.8, 4) is 0 Å². The molecule has 1 aromatic rings. The minimum Gasteiger partial charge on any atom is -0.478 e. The van der Waals surface area contributed by atoms with Crippen molar-refractivity contribution in [2.75, 3.05) is 0 Å². The average Bonchev–Trinajstić information content (AvgIpc) is 2.48. The van der Waals surface area contributed by atoms with Gasteiger partial charge in [0, 0.05) is 5.57 Å². The monoisotopic (exact) mass is 322 g/mol. The van der Waals surface area contributed by atoms with Crippen molar-refractivity contribution in [3.05, 3.63) is 78.1 Å². The largest absolute Gasteiger partial charge is 0.478 e. The zero-order chi connectivity index (χ0) is 17.2. The van der Waals surface area contributed by atoms with Gasteiger partial charge in [-0.05, 0) is 23.3 Å². The maximum atomic E-state index is 13.0. The summed E-state index contributed by atoms with van der Waals surface area (Å²) in [5, 5.41) is 8.91. The smallest absolute Gasteiger partial charge is 0.430 e. The fourth-order valence-electron chi connectivity index (χ4n) is 2.04. The van der Waals surface area contributed by atoms with Gasteiger partial charge in [0.15, 0.2) is 0 Å². The Morgan fingerprint density at radius 1 is 1.26 bits per heavy atom. The molecule has 0 amide bonds. The second-order valence-corrected chi connectivity index (χ2v) is 4.87. The lowest BCUT2D eigenvalue weighted by molar-refractivity contribution is -0.200. The summed E-state index contributed by atoms with van der Waals surface area (Å²) in [5.74, 6) is -1.86. The number of aliphatic carboxylic acids is 1. The van der Waals surface area contributed by atoms with Crippen molar-refractivity contribution in [3.63, 3.8) is 0 Å². The molecule has 120 valence electrons. The van der Waals surface area contributed by atoms with E-state index in [1.165, 1.54) is 6.08 Å². The third-order valence-corrected chi connectivity index (χ3v) is 3.17. The summed E-state index contributed by atoms with van der Waals surface area (Å²) in [7, 11) is 0. The summed E-state index contributed by atoms with van der Waals surface area (Å²) < 4.78 is 43.9. The lowest BCUT2D eigenvalue weighted by Gasteiger charge is -2.28. The van der Waals surface area contributed by atoms with Crippen LogP contribution in [0.2, 0.25) is 0 Å². The predicted molar refractivity (Wildman–Crippen MR) is 79.3 cm³/mol. The first-order chi connectivity index (χ1) is 10.7. The molecule has 3 nitrogen and oxygen atoms in total. The minimum absolute atomic E-state index is 0.0416. The Balaban J connectivity index is 2.38. The van der Waals surface area contributed by atoms with Crippen molar-refractivity contribution >= 4 is 11.5 Å². The molecule has 1 heterocycles. The number of alkyl halides is 3. The molecule has 1 unspecified atom stereocenters. The van der Waals surface area contributed by atoms with Gasteiger partial charge in [-0.2, -0.15) is 13.2 Å². The first kappa shape index (κ1) is 16.6. The van der Waals surface area contributed by atoms with Crippen LogP contribution in [0.3, 0.4) is 0 Å². The third kappa shape index (κ3) is 3.71. The van der Waals surface area contributed by atoms with E-state index in [9.17, 15) is 18.0 Å². The fraction of sp³-hybridized carbons (Fsp3) is 0.118. The van der Waals surface area contributed by atoms with Gasteiger partial charge in [-0.15, -0.1) is 0 Å². The summed E-state index contributed by atoms with van der Waals surface area (Å²) in [4.78, 5) is 11.0. The average molecular weight is 322 g/mol. The Bertz CT molecular complexity index is 712. The lowest BCUT2D eigenvalue weighted by Crippen LogP contribution is -2.38. The molecule has 0 aliphatic carbocycles. The van der Waals surface area contributed by atoms with E-state index in [0.29, 0.717) is 11.1 Å². The highest BCUT2D eigenvalue weighted by molar-refractivity contribution is 5.89. The van der Waals surface area contributed by atoms with Gasteiger partial charge in [-0.25, -0.2) is 4.79 Å². The van der Waals surface area contributed by atoms with Crippen LogP contribution in [0.15, 0.2) is 72.5 Å². The number of halogens is 3. The number of ether oxygens (including phenoxy) is 1. The molecule has 0 fully saturated rings. The van der Waals surface area contributed by atoms with Gasteiger partial charge in [0.05, 0.1) is 5.57 Å². The topological polar surface area (TPSA) is 46.5 Å². The summed E-state index contributed by atoms with van der Waals surface area (Å²) in [6.07, 6.45) is -5.21. The van der Waals surface area contributed by atoms with Gasteiger partial charge in [0.2, 0.25) is 6.10 Å². The molecule has 23 heavy (non-hydrogen) atoms. The van der Waals surface area contributed by atoms with Crippen LogP contribution >= 0.6 is 0 Å². The van der Waals surface area contributed by atoms with Crippen LogP contribution in [-0.4, -0.2) is 23.4 Å². The number of hydrogen-bond donors (Lipinski definition) is 1. The van der Waals surface area contributed by atoms with Gasteiger partial charge in [0.1, 0.15) is 5.76 Å². The van der Waals surface area contributed by atoms with E-state index in [0.717, 1.165) is 6.08 Å². The quantitative estimate of drug-likeness (QED) is 0.911. The molecule has 1 aliphatic rings. The van der Waals surface area contributed by atoms with Gasteiger partial charge in [-0.3, -0.25) is 0 Å². The maximum Gasteiger partial charge on any atom is 0.430 e. The van der Waals surface area contributed by atoms with E-state index < -0.39 is 23.8 Å². The van der Waals surface area contributed by atoms with E-state index in [-0.39, 0.29) is 11.3 Å². The van der Waals surface area contributed by atoms with E-state index in [4.69, 9.17) is 9.84 Å². The van der Waals surface area contributed by atoms with Crippen LogP contribution in [-0.2, 0) is 9.53 Å². The molecular formula is C17H13F3O3. The van der Waals surface area contributed by atoms with Crippen LogP contribution in [0, 0.1) is 0 Å². The number of rotatable bonds is 3. The van der Waals surface area contributed by atoms with Crippen LogP contribution in [0.5, 0.6) is 0 Å². The highest BCUT2D eigenvalue weighted by Crippen LogP contribution is 2.36. The van der Waals surface area contributed by atoms with Crippen LogP contribution < -0.4 is 0 Å². The molecule has 1 N–H and O–H groups in total. The van der Waals surface area contributed by atoms with Crippen LogP contribution in [0.25, 0.3) is 5.57 Å². The second kappa shape index (κ2) is 6.16. The molecule has 0 saturated heterocycles. The maximum absolute atomic E-state index is 13.0. The van der Waals surface area contributed by atoms with Crippen molar-refractivity contribution in [2.45, 2.75) is 12.3 Å². The van der Waals surface area contributed by atoms with Crippen molar-refractivity contribution in [1.29, 1.82) is 0 Å². The molecule has 0 bridgehead atoms. The van der Waals surface area contributed by atoms with E-state index in [1.54, 1.807) is 30.3 Å². The summed E-state index contributed by atoms with van der Waals surface area (Å²) in [6.45, 7) is 7.33. The SMILES string of the molecule is C=C1C=C(C(=O)O)C(C(F)(F)F)O/C1=C/C(=C)c1ccccc1. The Morgan fingerprint density at radius 3 is 2.39 bits per heavy atom. The van der Waals surface area contributed by atoms with Crippen molar-refractivity contribution in [2.24, 2.45) is 0 Å². The van der Waals surface area contributed by atoms with Crippen LogP contribution in [0.1, 0.15) is 5.56 Å². The minimum atomic E-state index is -4.85. The highest BCUT2D eigenvalue weighted by atomic mass is 19.4. The number of carboxylic acids is 1. The van der Waals surface area contributed by atoms with Crippen molar-refractivity contribution < 1.29 is 27.8 Å². The molecule has 0 aromatic heterocycles. The number of benzene rings is 1. The summed E-state index contributed by atoms with van der Waals surface area (Å²) >= 11 is 0. The van der Waals surface area contributed by atoms with E-state index in [2.05, 4.69) is 13.2 Å². The first-order valence-corrected chi connectivity index (χ1v) is 6.53. The first-order valence-electron chi connectivity index (χ1n) is 6.53. The number of carboxylic acid groups (broad SMARTS) is 1. The zero-order valence-corrected chi connectivity index (χ0v) is 11.9. The van der Waals surface area contributed by atoms with Gasteiger partial charge < -0.3 is 9.84 Å². The Morgan fingerprint density at radius 2 is 1.87 bits per heavy atom. The Hall–Kier alpha value is -2.76. The number of allylic oxidation sites excluding steroid dienone is 3. The molecule has 2 rings (SSSR count). The van der Waals surface area contributed by atoms with Gasteiger partial charge >= 0.3 is 12.1 Å². The fourth-order valence-corrected chi connectivity index (χ4v) is 2.04. The van der Waals surface area contributed by atoms with E-state index >= 15 is 0 Å². The summed E-state index contributed by atoms with van der Waals surface area (Å²) in [5.41, 5.74) is 0.271. The van der Waals surface area contributed by atoms with Gasteiger partial charge in [-0.1, -0.05) is 43.5 Å². The molecule has 6 heteroatoms. The molecule has 1 aromatic carbocycles. The molecule has 0 radical (unpaired) electrons. The van der Waals surface area contributed by atoms with Gasteiger partial charge in [0.25, 0.3) is 0 Å². The van der Waals surface area contributed by atoms with Crippen LogP contribution in [0.4, 0.5) is 13.2 Å². The highest BCUT2D eigenvalue weighted by Gasteiger charge is 2.48. The molecule has 1 aliphatic heterocycles. The third-order valence-electron chi connectivity index (χ3n) is 3.17. The summed E-state index contributed by atoms with van der Waals surface area (Å²) in [6, 6.07) is 8.80. The Kier molecular flexibility index (Phi) is 4.45. The molecule has 0 spiro atoms.